The molecule has 0 unspecified atom stereocenters. The Morgan fingerprint density at radius 2 is 1.83 bits per heavy atom. The van der Waals surface area contributed by atoms with E-state index in [0.717, 1.165) is 31.4 Å². The van der Waals surface area contributed by atoms with Gasteiger partial charge >= 0.3 is 0 Å². The second kappa shape index (κ2) is 10.3. The van der Waals surface area contributed by atoms with Gasteiger partial charge in [-0.3, -0.25) is 9.59 Å². The zero-order valence-electron chi connectivity index (χ0n) is 14.3. The summed E-state index contributed by atoms with van der Waals surface area (Å²) < 4.78 is 0. The standard InChI is InChI=1S/C18H27N3O2.ClH/c1-2-12-21(17(22)8-11-19)16-9-13-20(14-10-16)18(23)15-6-4-3-5-7-15;/h3-7,16H,2,8-14,19H2,1H3;1H. The molecule has 0 radical (unpaired) electrons. The molecule has 134 valence electrons. The van der Waals surface area contributed by atoms with E-state index in [4.69, 9.17) is 5.73 Å². The third-order valence-corrected chi connectivity index (χ3v) is 4.36. The maximum Gasteiger partial charge on any atom is 0.253 e. The Morgan fingerprint density at radius 1 is 1.21 bits per heavy atom. The number of halogens is 1. The molecule has 2 amide bonds. The summed E-state index contributed by atoms with van der Waals surface area (Å²) in [5.41, 5.74) is 6.25. The minimum absolute atomic E-state index is 0. The average molecular weight is 354 g/mol. The van der Waals surface area contributed by atoms with Crippen LogP contribution in [0.4, 0.5) is 0 Å². The summed E-state index contributed by atoms with van der Waals surface area (Å²) in [6.07, 6.45) is 3.03. The number of carbonyl (C=O) groups is 2. The lowest BCUT2D eigenvalue weighted by Gasteiger charge is -2.38. The molecule has 1 aromatic rings. The van der Waals surface area contributed by atoms with E-state index in [-0.39, 0.29) is 30.3 Å². The largest absolute Gasteiger partial charge is 0.340 e. The minimum Gasteiger partial charge on any atom is -0.340 e. The van der Waals surface area contributed by atoms with Crippen molar-refractivity contribution in [2.24, 2.45) is 5.73 Å². The quantitative estimate of drug-likeness (QED) is 0.853. The predicted molar refractivity (Wildman–Crippen MR) is 98.3 cm³/mol. The molecular formula is C18H28ClN3O2. The number of likely N-dealkylation sites (tertiary alicyclic amines) is 1. The first-order valence-electron chi connectivity index (χ1n) is 8.51. The number of rotatable bonds is 6. The van der Waals surface area contributed by atoms with E-state index in [9.17, 15) is 9.59 Å². The number of nitrogens with zero attached hydrogens (tertiary/aromatic N) is 2. The van der Waals surface area contributed by atoms with Crippen molar-refractivity contribution in [2.75, 3.05) is 26.2 Å². The Balaban J connectivity index is 0.00000288. The number of hydrogen-bond donors (Lipinski definition) is 1. The van der Waals surface area contributed by atoms with Crippen molar-refractivity contribution in [1.29, 1.82) is 0 Å². The highest BCUT2D eigenvalue weighted by molar-refractivity contribution is 5.94. The molecular weight excluding hydrogens is 326 g/mol. The molecule has 1 aliphatic heterocycles. The molecule has 1 aliphatic rings. The van der Waals surface area contributed by atoms with Crippen molar-refractivity contribution >= 4 is 24.2 Å². The average Bonchev–Trinajstić information content (AvgIpc) is 2.60. The topological polar surface area (TPSA) is 66.6 Å². The maximum absolute atomic E-state index is 12.5. The van der Waals surface area contributed by atoms with Gasteiger partial charge in [-0.1, -0.05) is 25.1 Å². The van der Waals surface area contributed by atoms with Crippen LogP contribution in [0.5, 0.6) is 0 Å². The van der Waals surface area contributed by atoms with E-state index in [1.54, 1.807) is 0 Å². The van der Waals surface area contributed by atoms with Gasteiger partial charge in [0.2, 0.25) is 5.91 Å². The van der Waals surface area contributed by atoms with Crippen molar-refractivity contribution in [1.82, 2.24) is 9.80 Å². The van der Waals surface area contributed by atoms with Crippen LogP contribution in [0.25, 0.3) is 0 Å². The molecule has 0 atom stereocenters. The lowest BCUT2D eigenvalue weighted by molar-refractivity contribution is -0.134. The zero-order chi connectivity index (χ0) is 16.7. The van der Waals surface area contributed by atoms with Crippen molar-refractivity contribution in [2.45, 2.75) is 38.6 Å². The van der Waals surface area contributed by atoms with Gasteiger partial charge in [-0.15, -0.1) is 12.4 Å². The van der Waals surface area contributed by atoms with Gasteiger partial charge in [-0.25, -0.2) is 0 Å². The van der Waals surface area contributed by atoms with Crippen LogP contribution < -0.4 is 5.73 Å². The molecule has 24 heavy (non-hydrogen) atoms. The molecule has 0 aromatic heterocycles. The Labute approximate surface area is 150 Å². The van der Waals surface area contributed by atoms with Crippen molar-refractivity contribution in [3.63, 3.8) is 0 Å². The third-order valence-electron chi connectivity index (χ3n) is 4.36. The second-order valence-electron chi connectivity index (χ2n) is 6.02. The molecule has 5 nitrogen and oxygen atoms in total. The second-order valence-corrected chi connectivity index (χ2v) is 6.02. The minimum atomic E-state index is 0. The van der Waals surface area contributed by atoms with Gasteiger partial charge in [0.05, 0.1) is 0 Å². The number of piperidine rings is 1. The van der Waals surface area contributed by atoms with Crippen LogP contribution in [0.3, 0.4) is 0 Å². The number of amides is 2. The van der Waals surface area contributed by atoms with Crippen LogP contribution in [0.15, 0.2) is 30.3 Å². The van der Waals surface area contributed by atoms with Gasteiger partial charge in [-0.2, -0.15) is 0 Å². The van der Waals surface area contributed by atoms with Gasteiger partial charge in [0.15, 0.2) is 0 Å². The Morgan fingerprint density at radius 3 is 2.38 bits per heavy atom. The number of hydrogen-bond acceptors (Lipinski definition) is 3. The van der Waals surface area contributed by atoms with Crippen molar-refractivity contribution in [3.8, 4) is 0 Å². The van der Waals surface area contributed by atoms with Gasteiger partial charge in [0.25, 0.3) is 5.91 Å². The van der Waals surface area contributed by atoms with Crippen LogP contribution in [0, 0.1) is 0 Å². The molecule has 0 bridgehead atoms. The van der Waals surface area contributed by atoms with E-state index in [1.807, 2.05) is 40.1 Å². The zero-order valence-corrected chi connectivity index (χ0v) is 15.1. The van der Waals surface area contributed by atoms with Gasteiger partial charge < -0.3 is 15.5 Å². The number of carbonyl (C=O) groups excluding carboxylic acids is 2. The van der Waals surface area contributed by atoms with Crippen LogP contribution in [0.2, 0.25) is 0 Å². The van der Waals surface area contributed by atoms with Crippen LogP contribution >= 0.6 is 12.4 Å². The Kier molecular flexibility index (Phi) is 8.79. The summed E-state index contributed by atoms with van der Waals surface area (Å²) in [4.78, 5) is 28.6. The SMILES string of the molecule is CCCN(C(=O)CCN)C1CCN(C(=O)c2ccccc2)CC1.Cl. The monoisotopic (exact) mass is 353 g/mol. The highest BCUT2D eigenvalue weighted by atomic mass is 35.5. The van der Waals surface area contributed by atoms with E-state index >= 15 is 0 Å². The lowest BCUT2D eigenvalue weighted by atomic mass is 10.0. The molecule has 2 rings (SSSR count). The van der Waals surface area contributed by atoms with Crippen LogP contribution in [-0.2, 0) is 4.79 Å². The summed E-state index contributed by atoms with van der Waals surface area (Å²) >= 11 is 0. The normalized spacial score (nSPS) is 14.8. The van der Waals surface area contributed by atoms with E-state index in [0.29, 0.717) is 26.1 Å². The van der Waals surface area contributed by atoms with Crippen molar-refractivity contribution in [3.05, 3.63) is 35.9 Å². The van der Waals surface area contributed by atoms with Crippen molar-refractivity contribution < 1.29 is 9.59 Å². The highest BCUT2D eigenvalue weighted by Crippen LogP contribution is 2.19. The molecule has 0 spiro atoms. The number of benzene rings is 1. The smallest absolute Gasteiger partial charge is 0.253 e. The molecule has 2 N–H and O–H groups in total. The fourth-order valence-corrected chi connectivity index (χ4v) is 3.16. The van der Waals surface area contributed by atoms with Gasteiger partial charge in [-0.05, 0) is 31.4 Å². The van der Waals surface area contributed by atoms with Crippen LogP contribution in [-0.4, -0.2) is 53.8 Å². The Bertz CT molecular complexity index is 516. The van der Waals surface area contributed by atoms with E-state index < -0.39 is 0 Å². The third kappa shape index (κ3) is 5.21. The van der Waals surface area contributed by atoms with E-state index in [1.165, 1.54) is 0 Å². The number of nitrogens with two attached hydrogens (primary N) is 1. The molecule has 6 heteroatoms. The molecule has 1 saturated heterocycles. The first kappa shape index (κ1) is 20.5. The van der Waals surface area contributed by atoms with Gasteiger partial charge in [0.1, 0.15) is 0 Å². The highest BCUT2D eigenvalue weighted by Gasteiger charge is 2.29. The van der Waals surface area contributed by atoms with E-state index in [2.05, 4.69) is 6.92 Å². The summed E-state index contributed by atoms with van der Waals surface area (Å²) in [6, 6.07) is 9.61. The lowest BCUT2D eigenvalue weighted by Crippen LogP contribution is -2.49. The fraction of sp³-hybridized carbons (Fsp3) is 0.556. The summed E-state index contributed by atoms with van der Waals surface area (Å²) in [5.74, 6) is 0.224. The summed E-state index contributed by atoms with van der Waals surface area (Å²) in [5, 5.41) is 0. The summed E-state index contributed by atoms with van der Waals surface area (Å²) in [6.45, 7) is 4.65. The van der Waals surface area contributed by atoms with Gasteiger partial charge in [0, 0.05) is 44.2 Å². The maximum atomic E-state index is 12.5. The first-order chi connectivity index (χ1) is 11.2. The molecule has 1 fully saturated rings. The first-order valence-corrected chi connectivity index (χ1v) is 8.51. The summed E-state index contributed by atoms with van der Waals surface area (Å²) in [7, 11) is 0. The molecule has 1 aromatic carbocycles. The Hall–Kier alpha value is -1.59. The predicted octanol–water partition coefficient (Wildman–Crippen LogP) is 2.30. The molecule has 0 saturated carbocycles. The fourth-order valence-electron chi connectivity index (χ4n) is 3.16. The molecule has 0 aliphatic carbocycles. The van der Waals surface area contributed by atoms with Crippen LogP contribution in [0.1, 0.15) is 43.0 Å². The molecule has 1 heterocycles.